The van der Waals surface area contributed by atoms with Crippen LogP contribution in [0, 0.1) is 10.1 Å². The zero-order valence-electron chi connectivity index (χ0n) is 10.6. The zero-order chi connectivity index (χ0) is 14.4. The first-order chi connectivity index (χ1) is 8.93. The van der Waals surface area contributed by atoms with Gasteiger partial charge < -0.3 is 9.84 Å². The van der Waals surface area contributed by atoms with Crippen LogP contribution in [0.3, 0.4) is 0 Å². The summed E-state index contributed by atoms with van der Waals surface area (Å²) in [7, 11) is 0. The molecule has 6 heteroatoms. The standard InChI is InChI=1S/C13H15NO5/c1-9(2)6-7-19-8-10-4-3-5-11(14(17)18)12(10)13(15)16/h3-5H,1,6-8H2,2H3,(H,15,16). The van der Waals surface area contributed by atoms with E-state index >= 15 is 0 Å². The van der Waals surface area contributed by atoms with E-state index in [0.717, 1.165) is 5.57 Å². The fraction of sp³-hybridized carbons (Fsp3) is 0.308. The maximum Gasteiger partial charge on any atom is 0.343 e. The lowest BCUT2D eigenvalue weighted by molar-refractivity contribution is -0.385. The van der Waals surface area contributed by atoms with E-state index in [1.807, 2.05) is 6.92 Å². The van der Waals surface area contributed by atoms with Crippen LogP contribution in [0.2, 0.25) is 0 Å². The van der Waals surface area contributed by atoms with Gasteiger partial charge in [0, 0.05) is 6.07 Å². The van der Waals surface area contributed by atoms with Gasteiger partial charge in [0.25, 0.3) is 5.69 Å². The quantitative estimate of drug-likeness (QED) is 0.354. The van der Waals surface area contributed by atoms with Gasteiger partial charge >= 0.3 is 5.97 Å². The van der Waals surface area contributed by atoms with E-state index in [4.69, 9.17) is 9.84 Å². The Labute approximate surface area is 110 Å². The Morgan fingerprint density at radius 3 is 2.74 bits per heavy atom. The highest BCUT2D eigenvalue weighted by molar-refractivity contribution is 5.94. The fourth-order valence-electron chi connectivity index (χ4n) is 1.53. The number of nitro benzene ring substituents is 1. The van der Waals surface area contributed by atoms with Gasteiger partial charge in [-0.05, 0) is 18.9 Å². The molecular weight excluding hydrogens is 250 g/mol. The molecule has 6 nitrogen and oxygen atoms in total. The molecule has 1 aromatic carbocycles. The summed E-state index contributed by atoms with van der Waals surface area (Å²) in [5.74, 6) is -1.33. The summed E-state index contributed by atoms with van der Waals surface area (Å²) in [5.41, 5.74) is 0.511. The minimum absolute atomic E-state index is 0.0244. The highest BCUT2D eigenvalue weighted by atomic mass is 16.6. The summed E-state index contributed by atoms with van der Waals surface area (Å²) in [4.78, 5) is 21.2. The van der Waals surface area contributed by atoms with Crippen molar-refractivity contribution in [3.05, 3.63) is 51.6 Å². The van der Waals surface area contributed by atoms with E-state index in [1.165, 1.54) is 18.2 Å². The number of carboxylic acid groups (broad SMARTS) is 1. The molecule has 1 rings (SSSR count). The topological polar surface area (TPSA) is 89.7 Å². The molecule has 0 spiro atoms. The average Bonchev–Trinajstić information content (AvgIpc) is 2.33. The summed E-state index contributed by atoms with van der Waals surface area (Å²) in [6, 6.07) is 4.13. The summed E-state index contributed by atoms with van der Waals surface area (Å²) in [6.07, 6.45) is 0.664. The van der Waals surface area contributed by atoms with Crippen LogP contribution in [-0.2, 0) is 11.3 Å². The van der Waals surface area contributed by atoms with Gasteiger partial charge in [0.15, 0.2) is 0 Å². The SMILES string of the molecule is C=C(C)CCOCc1cccc([N+](=O)[O-])c1C(=O)O. The first-order valence-corrected chi connectivity index (χ1v) is 5.65. The van der Waals surface area contributed by atoms with Crippen LogP contribution in [0.15, 0.2) is 30.4 Å². The summed E-state index contributed by atoms with van der Waals surface area (Å²) < 4.78 is 5.31. The van der Waals surface area contributed by atoms with E-state index < -0.39 is 16.6 Å². The molecule has 1 N–H and O–H groups in total. The molecule has 0 aliphatic rings. The Morgan fingerprint density at radius 2 is 2.21 bits per heavy atom. The van der Waals surface area contributed by atoms with E-state index in [9.17, 15) is 14.9 Å². The molecule has 102 valence electrons. The van der Waals surface area contributed by atoms with Crippen LogP contribution in [-0.4, -0.2) is 22.6 Å². The number of nitro groups is 1. The molecule has 1 aromatic rings. The largest absolute Gasteiger partial charge is 0.477 e. The molecule has 0 saturated heterocycles. The minimum atomic E-state index is -1.33. The van der Waals surface area contributed by atoms with E-state index in [1.54, 1.807) is 0 Å². The molecule has 0 radical (unpaired) electrons. The third-order valence-electron chi connectivity index (χ3n) is 2.47. The first kappa shape index (κ1) is 14.8. The molecule has 19 heavy (non-hydrogen) atoms. The van der Waals surface area contributed by atoms with E-state index in [0.29, 0.717) is 18.6 Å². The van der Waals surface area contributed by atoms with Gasteiger partial charge in [-0.2, -0.15) is 0 Å². The summed E-state index contributed by atoms with van der Waals surface area (Å²) in [5, 5.41) is 19.9. The number of hydrogen-bond donors (Lipinski definition) is 1. The molecule has 0 saturated carbocycles. The van der Waals surface area contributed by atoms with Gasteiger partial charge in [0.2, 0.25) is 0 Å². The molecule has 0 fully saturated rings. The number of carboxylic acids is 1. The van der Waals surface area contributed by atoms with Crippen LogP contribution in [0.25, 0.3) is 0 Å². The van der Waals surface area contributed by atoms with Gasteiger partial charge in [0.05, 0.1) is 18.1 Å². The van der Waals surface area contributed by atoms with E-state index in [2.05, 4.69) is 6.58 Å². The van der Waals surface area contributed by atoms with Crippen LogP contribution < -0.4 is 0 Å². The number of aromatic carboxylic acids is 1. The fourth-order valence-corrected chi connectivity index (χ4v) is 1.53. The van der Waals surface area contributed by atoms with Crippen molar-refractivity contribution in [2.24, 2.45) is 0 Å². The van der Waals surface area contributed by atoms with Crippen LogP contribution in [0.5, 0.6) is 0 Å². The molecule has 0 atom stereocenters. The molecule has 0 heterocycles. The van der Waals surface area contributed by atoms with Crippen molar-refractivity contribution >= 4 is 11.7 Å². The predicted octanol–water partition coefficient (Wildman–Crippen LogP) is 2.78. The number of nitrogens with zero attached hydrogens (tertiary/aromatic N) is 1. The Hall–Kier alpha value is -2.21. The number of hydrogen-bond acceptors (Lipinski definition) is 4. The lowest BCUT2D eigenvalue weighted by Crippen LogP contribution is -2.08. The van der Waals surface area contributed by atoms with Gasteiger partial charge in [-0.3, -0.25) is 10.1 Å². The highest BCUT2D eigenvalue weighted by Crippen LogP contribution is 2.23. The van der Waals surface area contributed by atoms with Crippen molar-refractivity contribution in [2.75, 3.05) is 6.61 Å². The second-order valence-electron chi connectivity index (χ2n) is 4.13. The lowest BCUT2D eigenvalue weighted by atomic mass is 10.1. The summed E-state index contributed by atoms with van der Waals surface area (Å²) >= 11 is 0. The number of benzene rings is 1. The Balaban J connectivity index is 2.88. The molecule has 0 aromatic heterocycles. The number of rotatable bonds is 7. The summed E-state index contributed by atoms with van der Waals surface area (Å²) in [6.45, 7) is 6.00. The van der Waals surface area contributed by atoms with Gasteiger partial charge in [-0.25, -0.2) is 4.79 Å². The van der Waals surface area contributed by atoms with Crippen LogP contribution >= 0.6 is 0 Å². The lowest BCUT2D eigenvalue weighted by Gasteiger charge is -2.07. The van der Waals surface area contributed by atoms with Crippen molar-refractivity contribution < 1.29 is 19.6 Å². The highest BCUT2D eigenvalue weighted by Gasteiger charge is 2.23. The Kier molecular flexibility index (Phi) is 5.20. The Bertz CT molecular complexity index is 510. The maximum atomic E-state index is 11.1. The molecule has 0 amide bonds. The molecule has 0 unspecified atom stereocenters. The monoisotopic (exact) mass is 265 g/mol. The molecular formula is C13H15NO5. The van der Waals surface area contributed by atoms with Crippen molar-refractivity contribution in [3.63, 3.8) is 0 Å². The smallest absolute Gasteiger partial charge is 0.343 e. The van der Waals surface area contributed by atoms with Gasteiger partial charge in [0.1, 0.15) is 5.56 Å². The average molecular weight is 265 g/mol. The van der Waals surface area contributed by atoms with Gasteiger partial charge in [-0.1, -0.05) is 17.7 Å². The van der Waals surface area contributed by atoms with Crippen molar-refractivity contribution in [1.82, 2.24) is 0 Å². The molecule has 0 aliphatic carbocycles. The first-order valence-electron chi connectivity index (χ1n) is 5.65. The van der Waals surface area contributed by atoms with Gasteiger partial charge in [-0.15, -0.1) is 6.58 Å². The van der Waals surface area contributed by atoms with Crippen molar-refractivity contribution in [2.45, 2.75) is 20.0 Å². The molecule has 0 aliphatic heterocycles. The third kappa shape index (κ3) is 4.18. The second-order valence-corrected chi connectivity index (χ2v) is 4.13. The van der Waals surface area contributed by atoms with Crippen LogP contribution in [0.4, 0.5) is 5.69 Å². The zero-order valence-corrected chi connectivity index (χ0v) is 10.6. The minimum Gasteiger partial charge on any atom is -0.477 e. The Morgan fingerprint density at radius 1 is 1.53 bits per heavy atom. The predicted molar refractivity (Wildman–Crippen MR) is 69.1 cm³/mol. The van der Waals surface area contributed by atoms with Crippen molar-refractivity contribution in [1.29, 1.82) is 0 Å². The number of ether oxygens (including phenoxy) is 1. The van der Waals surface area contributed by atoms with Crippen LogP contribution in [0.1, 0.15) is 29.3 Å². The maximum absolute atomic E-state index is 11.1. The van der Waals surface area contributed by atoms with E-state index in [-0.39, 0.29) is 12.2 Å². The molecule has 0 bridgehead atoms. The van der Waals surface area contributed by atoms with Crippen molar-refractivity contribution in [3.8, 4) is 0 Å². The normalized spacial score (nSPS) is 10.2. The number of carbonyl (C=O) groups is 1. The third-order valence-corrected chi connectivity index (χ3v) is 2.47. The second kappa shape index (κ2) is 6.65.